The van der Waals surface area contributed by atoms with Crippen molar-refractivity contribution in [3.8, 4) is 0 Å². The Balaban J connectivity index is 2.03. The fourth-order valence-electron chi connectivity index (χ4n) is 2.59. The third-order valence-corrected chi connectivity index (χ3v) is 3.81. The van der Waals surface area contributed by atoms with E-state index in [0.29, 0.717) is 18.5 Å². The molecule has 1 aromatic rings. The summed E-state index contributed by atoms with van der Waals surface area (Å²) in [6, 6.07) is 5.21. The van der Waals surface area contributed by atoms with Crippen LogP contribution in [0.4, 0.5) is 0 Å². The topological polar surface area (TPSA) is 57.6 Å². The summed E-state index contributed by atoms with van der Waals surface area (Å²) < 4.78 is 0. The van der Waals surface area contributed by atoms with Crippen LogP contribution in [0.1, 0.15) is 54.1 Å². The van der Waals surface area contributed by atoms with Gasteiger partial charge < -0.3 is 10.0 Å². The maximum atomic E-state index is 12.1. The standard InChI is InChI=1S/C16H21NO3/c1-2-3-4-5-15(18)17-9-8-12-6-7-13(16(19)20)10-14(12)11-17/h6-7,10H,2-5,8-9,11H2,1H3,(H,19,20). The molecule has 1 aliphatic rings. The summed E-state index contributed by atoms with van der Waals surface area (Å²) in [6.07, 6.45) is 4.54. The van der Waals surface area contributed by atoms with Gasteiger partial charge in [-0.3, -0.25) is 4.79 Å². The normalized spacial score (nSPS) is 13.9. The molecule has 4 heteroatoms. The van der Waals surface area contributed by atoms with E-state index in [1.54, 1.807) is 12.1 Å². The van der Waals surface area contributed by atoms with Gasteiger partial charge in [0.1, 0.15) is 0 Å². The van der Waals surface area contributed by atoms with E-state index in [0.717, 1.165) is 43.4 Å². The van der Waals surface area contributed by atoms with Crippen LogP contribution in [0.15, 0.2) is 18.2 Å². The first-order chi connectivity index (χ1) is 9.61. The number of nitrogens with zero attached hydrogens (tertiary/aromatic N) is 1. The molecular formula is C16H21NO3. The van der Waals surface area contributed by atoms with Crippen LogP contribution in [0.25, 0.3) is 0 Å². The minimum absolute atomic E-state index is 0.185. The summed E-state index contributed by atoms with van der Waals surface area (Å²) in [7, 11) is 0. The number of hydrogen-bond donors (Lipinski definition) is 1. The van der Waals surface area contributed by atoms with Crippen molar-refractivity contribution in [2.75, 3.05) is 6.54 Å². The van der Waals surface area contributed by atoms with Crippen molar-refractivity contribution in [2.24, 2.45) is 0 Å². The van der Waals surface area contributed by atoms with Crippen molar-refractivity contribution in [3.63, 3.8) is 0 Å². The quantitative estimate of drug-likeness (QED) is 0.841. The molecule has 0 bridgehead atoms. The second-order valence-corrected chi connectivity index (χ2v) is 5.31. The maximum Gasteiger partial charge on any atom is 0.335 e. The van der Waals surface area contributed by atoms with Crippen molar-refractivity contribution in [2.45, 2.75) is 45.6 Å². The smallest absolute Gasteiger partial charge is 0.335 e. The summed E-state index contributed by atoms with van der Waals surface area (Å²) in [5, 5.41) is 9.02. The average Bonchev–Trinajstić information content (AvgIpc) is 2.46. The molecule has 1 aromatic carbocycles. The van der Waals surface area contributed by atoms with E-state index in [-0.39, 0.29) is 5.91 Å². The molecule has 0 spiro atoms. The number of benzene rings is 1. The SMILES string of the molecule is CCCCCC(=O)N1CCc2ccc(C(=O)O)cc2C1. The molecule has 0 fully saturated rings. The summed E-state index contributed by atoms with van der Waals surface area (Å²) in [6.45, 7) is 3.40. The van der Waals surface area contributed by atoms with Gasteiger partial charge in [-0.2, -0.15) is 0 Å². The van der Waals surface area contributed by atoms with E-state index < -0.39 is 5.97 Å². The minimum Gasteiger partial charge on any atom is -0.478 e. The highest BCUT2D eigenvalue weighted by Crippen LogP contribution is 2.21. The third-order valence-electron chi connectivity index (χ3n) is 3.81. The molecule has 2 rings (SSSR count). The van der Waals surface area contributed by atoms with Gasteiger partial charge >= 0.3 is 5.97 Å². The van der Waals surface area contributed by atoms with Crippen LogP contribution in [0, 0.1) is 0 Å². The zero-order valence-electron chi connectivity index (χ0n) is 11.9. The van der Waals surface area contributed by atoms with E-state index >= 15 is 0 Å². The number of carbonyl (C=O) groups excluding carboxylic acids is 1. The summed E-state index contributed by atoms with van der Waals surface area (Å²) in [5.74, 6) is -0.732. The Hall–Kier alpha value is -1.84. The van der Waals surface area contributed by atoms with Gasteiger partial charge in [0.25, 0.3) is 0 Å². The number of unbranched alkanes of at least 4 members (excludes halogenated alkanes) is 2. The van der Waals surface area contributed by atoms with Gasteiger partial charge in [-0.15, -0.1) is 0 Å². The second-order valence-electron chi connectivity index (χ2n) is 5.31. The van der Waals surface area contributed by atoms with Crippen molar-refractivity contribution in [1.29, 1.82) is 0 Å². The van der Waals surface area contributed by atoms with Gasteiger partial charge in [-0.05, 0) is 36.1 Å². The largest absolute Gasteiger partial charge is 0.478 e. The van der Waals surface area contributed by atoms with Gasteiger partial charge in [0.15, 0.2) is 0 Å². The average molecular weight is 275 g/mol. The molecule has 1 N–H and O–H groups in total. The van der Waals surface area contributed by atoms with Crippen LogP contribution in [-0.2, 0) is 17.8 Å². The molecule has 0 unspecified atom stereocenters. The zero-order valence-corrected chi connectivity index (χ0v) is 11.9. The Morgan fingerprint density at radius 3 is 2.75 bits per heavy atom. The van der Waals surface area contributed by atoms with Crippen molar-refractivity contribution < 1.29 is 14.7 Å². The molecule has 0 atom stereocenters. The molecule has 0 saturated heterocycles. The molecule has 0 saturated carbocycles. The Bertz CT molecular complexity index is 510. The Kier molecular flexibility index (Phi) is 4.77. The van der Waals surface area contributed by atoms with Gasteiger partial charge in [-0.25, -0.2) is 4.79 Å². The predicted octanol–water partition coefficient (Wildman–Crippen LogP) is 2.85. The minimum atomic E-state index is -0.917. The van der Waals surface area contributed by atoms with Gasteiger partial charge in [0.2, 0.25) is 5.91 Å². The molecule has 1 aliphatic heterocycles. The molecule has 0 aromatic heterocycles. The molecule has 20 heavy (non-hydrogen) atoms. The zero-order chi connectivity index (χ0) is 14.5. The maximum absolute atomic E-state index is 12.1. The van der Waals surface area contributed by atoms with E-state index in [4.69, 9.17) is 5.11 Å². The van der Waals surface area contributed by atoms with Gasteiger partial charge in [0.05, 0.1) is 5.56 Å². The lowest BCUT2D eigenvalue weighted by Gasteiger charge is -2.29. The summed E-state index contributed by atoms with van der Waals surface area (Å²) in [4.78, 5) is 25.0. The first kappa shape index (κ1) is 14.6. The predicted molar refractivity (Wildman–Crippen MR) is 76.7 cm³/mol. The number of carbonyl (C=O) groups is 2. The highest BCUT2D eigenvalue weighted by atomic mass is 16.4. The number of carboxylic acids is 1. The monoisotopic (exact) mass is 275 g/mol. The number of aromatic carboxylic acids is 1. The number of hydrogen-bond acceptors (Lipinski definition) is 2. The molecule has 4 nitrogen and oxygen atoms in total. The van der Waals surface area contributed by atoms with Crippen LogP contribution in [-0.4, -0.2) is 28.4 Å². The Labute approximate surface area is 119 Å². The van der Waals surface area contributed by atoms with Crippen molar-refractivity contribution in [1.82, 2.24) is 4.90 Å². The Morgan fingerprint density at radius 1 is 1.25 bits per heavy atom. The van der Waals surface area contributed by atoms with E-state index in [1.165, 1.54) is 0 Å². The lowest BCUT2D eigenvalue weighted by Crippen LogP contribution is -2.35. The van der Waals surface area contributed by atoms with E-state index in [2.05, 4.69) is 6.92 Å². The summed E-state index contributed by atoms with van der Waals surface area (Å²) >= 11 is 0. The lowest BCUT2D eigenvalue weighted by molar-refractivity contribution is -0.132. The lowest BCUT2D eigenvalue weighted by atomic mass is 9.97. The van der Waals surface area contributed by atoms with Crippen molar-refractivity contribution >= 4 is 11.9 Å². The van der Waals surface area contributed by atoms with Crippen molar-refractivity contribution in [3.05, 3.63) is 34.9 Å². The Morgan fingerprint density at radius 2 is 2.05 bits per heavy atom. The summed E-state index contributed by atoms with van der Waals surface area (Å²) in [5.41, 5.74) is 2.43. The number of rotatable bonds is 5. The second kappa shape index (κ2) is 6.55. The first-order valence-electron chi connectivity index (χ1n) is 7.24. The molecule has 0 aliphatic carbocycles. The number of carboxylic acid groups (broad SMARTS) is 1. The number of amides is 1. The van der Waals surface area contributed by atoms with Crippen LogP contribution in [0.3, 0.4) is 0 Å². The van der Waals surface area contributed by atoms with Gasteiger partial charge in [-0.1, -0.05) is 25.8 Å². The highest BCUT2D eigenvalue weighted by molar-refractivity contribution is 5.88. The fraction of sp³-hybridized carbons (Fsp3) is 0.500. The van der Waals surface area contributed by atoms with E-state index in [9.17, 15) is 9.59 Å². The first-order valence-corrected chi connectivity index (χ1v) is 7.24. The molecule has 1 amide bonds. The number of fused-ring (bicyclic) bond motifs is 1. The molecular weight excluding hydrogens is 254 g/mol. The van der Waals surface area contributed by atoms with Crippen LogP contribution >= 0.6 is 0 Å². The van der Waals surface area contributed by atoms with Gasteiger partial charge in [0, 0.05) is 19.5 Å². The molecule has 1 heterocycles. The molecule has 0 radical (unpaired) electrons. The fourth-order valence-corrected chi connectivity index (χ4v) is 2.59. The van der Waals surface area contributed by atoms with Crippen LogP contribution in [0.5, 0.6) is 0 Å². The highest BCUT2D eigenvalue weighted by Gasteiger charge is 2.21. The van der Waals surface area contributed by atoms with Crippen LogP contribution in [0.2, 0.25) is 0 Å². The molecule has 108 valence electrons. The third kappa shape index (κ3) is 3.38. The van der Waals surface area contributed by atoms with E-state index in [1.807, 2.05) is 11.0 Å². The van der Waals surface area contributed by atoms with Crippen LogP contribution < -0.4 is 0 Å².